The van der Waals surface area contributed by atoms with Gasteiger partial charge in [0.25, 0.3) is 5.91 Å². The lowest BCUT2D eigenvalue weighted by atomic mass is 9.77. The van der Waals surface area contributed by atoms with Gasteiger partial charge in [0.05, 0.1) is 18.2 Å². The van der Waals surface area contributed by atoms with Gasteiger partial charge in [-0.2, -0.15) is 0 Å². The third-order valence-electron chi connectivity index (χ3n) is 6.15. The highest BCUT2D eigenvalue weighted by atomic mass is 16.5. The molecule has 0 saturated heterocycles. The van der Waals surface area contributed by atoms with Crippen molar-refractivity contribution in [2.75, 3.05) is 13.6 Å². The third-order valence-corrected chi connectivity index (χ3v) is 6.15. The van der Waals surface area contributed by atoms with Gasteiger partial charge in [0, 0.05) is 25.4 Å². The van der Waals surface area contributed by atoms with Gasteiger partial charge in [0.1, 0.15) is 11.4 Å². The normalized spacial score (nSPS) is 25.0. The smallest absolute Gasteiger partial charge is 0.257 e. The summed E-state index contributed by atoms with van der Waals surface area (Å²) < 4.78 is 6.40. The van der Waals surface area contributed by atoms with Crippen LogP contribution in [-0.4, -0.2) is 40.9 Å². The van der Waals surface area contributed by atoms with Crippen LogP contribution in [0.1, 0.15) is 54.6 Å². The highest BCUT2D eigenvalue weighted by Gasteiger charge is 2.43. The summed E-state index contributed by atoms with van der Waals surface area (Å²) in [5.74, 6) is 0.690. The molecule has 1 aromatic carbocycles. The number of nitrogens with zero attached hydrogens (tertiary/aromatic N) is 2. The molecule has 1 aromatic heterocycles. The molecule has 1 aliphatic heterocycles. The summed E-state index contributed by atoms with van der Waals surface area (Å²) in [6.07, 6.45) is 6.47. The summed E-state index contributed by atoms with van der Waals surface area (Å²) in [5.41, 5.74) is 1.23. The molecule has 6 nitrogen and oxygen atoms in total. The standard InChI is InChI=1S/C23H27N3O3/c1-16(17-9-13-24-14-10-17)25-21(27)18-7-11-23(12-8-18)15-26(2)22(28)19-5-3-4-6-20(19)29-23/h3-6,9-10,13-14,16,18H,7-8,11-12,15H2,1-2H3,(H,25,27). The Labute approximate surface area is 171 Å². The number of rotatable bonds is 3. The summed E-state index contributed by atoms with van der Waals surface area (Å²) in [4.78, 5) is 31.2. The molecule has 0 radical (unpaired) electrons. The topological polar surface area (TPSA) is 71.5 Å². The van der Waals surface area contributed by atoms with E-state index >= 15 is 0 Å². The zero-order chi connectivity index (χ0) is 20.4. The molecule has 1 unspecified atom stereocenters. The molecule has 0 bridgehead atoms. The Kier molecular flexibility index (Phi) is 5.26. The van der Waals surface area contributed by atoms with Crippen molar-refractivity contribution in [1.82, 2.24) is 15.2 Å². The molecule has 29 heavy (non-hydrogen) atoms. The molecule has 4 rings (SSSR count). The van der Waals surface area contributed by atoms with Crippen molar-refractivity contribution in [1.29, 1.82) is 0 Å². The van der Waals surface area contributed by atoms with E-state index in [9.17, 15) is 9.59 Å². The number of likely N-dealkylation sites (N-methyl/N-ethyl adjacent to an activating group) is 1. The number of hydrogen-bond donors (Lipinski definition) is 1. The minimum absolute atomic E-state index is 0.0106. The van der Waals surface area contributed by atoms with E-state index in [0.717, 1.165) is 31.2 Å². The Morgan fingerprint density at radius 1 is 1.21 bits per heavy atom. The van der Waals surface area contributed by atoms with Gasteiger partial charge >= 0.3 is 0 Å². The number of carbonyl (C=O) groups is 2. The van der Waals surface area contributed by atoms with E-state index in [1.54, 1.807) is 17.3 Å². The number of para-hydroxylation sites is 1. The lowest BCUT2D eigenvalue weighted by molar-refractivity contribution is -0.128. The van der Waals surface area contributed by atoms with E-state index in [1.165, 1.54) is 0 Å². The van der Waals surface area contributed by atoms with Crippen molar-refractivity contribution in [3.05, 3.63) is 59.9 Å². The van der Waals surface area contributed by atoms with Crippen molar-refractivity contribution >= 4 is 11.8 Å². The number of nitrogens with one attached hydrogen (secondary N) is 1. The molecule has 152 valence electrons. The van der Waals surface area contributed by atoms with E-state index in [1.807, 2.05) is 50.4 Å². The fourth-order valence-corrected chi connectivity index (χ4v) is 4.44. The first-order valence-electron chi connectivity index (χ1n) is 10.2. The van der Waals surface area contributed by atoms with Crippen molar-refractivity contribution in [2.45, 2.75) is 44.2 Å². The average molecular weight is 393 g/mol. The number of benzene rings is 1. The molecule has 1 spiro atoms. The summed E-state index contributed by atoms with van der Waals surface area (Å²) >= 11 is 0. The second-order valence-corrected chi connectivity index (χ2v) is 8.23. The van der Waals surface area contributed by atoms with Crippen LogP contribution >= 0.6 is 0 Å². The second kappa shape index (κ2) is 7.85. The Balaban J connectivity index is 1.42. The van der Waals surface area contributed by atoms with Crippen molar-refractivity contribution in [3.8, 4) is 5.75 Å². The van der Waals surface area contributed by atoms with Gasteiger partial charge in [-0.15, -0.1) is 0 Å². The number of aromatic nitrogens is 1. The summed E-state index contributed by atoms with van der Waals surface area (Å²) in [6.45, 7) is 2.53. The molecule has 2 amide bonds. The van der Waals surface area contributed by atoms with Crippen LogP contribution in [0.2, 0.25) is 0 Å². The Bertz CT molecular complexity index is 891. The van der Waals surface area contributed by atoms with Gasteiger partial charge in [-0.05, 0) is 62.4 Å². The van der Waals surface area contributed by atoms with Gasteiger partial charge in [0.2, 0.25) is 5.91 Å². The van der Waals surface area contributed by atoms with Gasteiger partial charge in [-0.3, -0.25) is 14.6 Å². The summed E-state index contributed by atoms with van der Waals surface area (Å²) in [6, 6.07) is 11.2. The van der Waals surface area contributed by atoms with Crippen LogP contribution in [0.3, 0.4) is 0 Å². The van der Waals surface area contributed by atoms with Crippen molar-refractivity contribution in [2.24, 2.45) is 5.92 Å². The fraction of sp³-hybridized carbons (Fsp3) is 0.435. The van der Waals surface area contributed by atoms with Gasteiger partial charge in [-0.1, -0.05) is 12.1 Å². The second-order valence-electron chi connectivity index (χ2n) is 8.23. The van der Waals surface area contributed by atoms with Crippen LogP contribution in [0, 0.1) is 5.92 Å². The monoisotopic (exact) mass is 393 g/mol. The third kappa shape index (κ3) is 3.97. The first-order valence-corrected chi connectivity index (χ1v) is 10.2. The maximum absolute atomic E-state index is 12.8. The molecule has 1 N–H and O–H groups in total. The first kappa shape index (κ1) is 19.4. The maximum Gasteiger partial charge on any atom is 0.257 e. The highest BCUT2D eigenvalue weighted by Crippen LogP contribution is 2.40. The van der Waals surface area contributed by atoms with Crippen LogP contribution in [0.4, 0.5) is 0 Å². The molecular weight excluding hydrogens is 366 g/mol. The number of carbonyl (C=O) groups excluding carboxylic acids is 2. The number of pyridine rings is 1. The SMILES string of the molecule is CC(NC(=O)C1CCC2(CC1)CN(C)C(=O)c1ccccc1O2)c1ccncc1. The van der Waals surface area contributed by atoms with E-state index in [0.29, 0.717) is 17.9 Å². The number of amides is 2. The van der Waals surface area contributed by atoms with Crippen LogP contribution < -0.4 is 10.1 Å². The zero-order valence-corrected chi connectivity index (χ0v) is 16.9. The number of hydrogen-bond acceptors (Lipinski definition) is 4. The summed E-state index contributed by atoms with van der Waals surface area (Å²) in [5, 5.41) is 3.13. The Morgan fingerprint density at radius 3 is 2.62 bits per heavy atom. The molecular formula is C23H27N3O3. The minimum atomic E-state index is -0.426. The quantitative estimate of drug-likeness (QED) is 0.868. The maximum atomic E-state index is 12.8. The van der Waals surface area contributed by atoms with E-state index in [2.05, 4.69) is 10.3 Å². The fourth-order valence-electron chi connectivity index (χ4n) is 4.44. The molecule has 1 fully saturated rings. The van der Waals surface area contributed by atoms with Crippen LogP contribution in [-0.2, 0) is 4.79 Å². The molecule has 2 aromatic rings. The van der Waals surface area contributed by atoms with E-state index in [-0.39, 0.29) is 23.8 Å². The highest BCUT2D eigenvalue weighted by molar-refractivity contribution is 5.97. The van der Waals surface area contributed by atoms with Crippen LogP contribution in [0.5, 0.6) is 5.75 Å². The first-order chi connectivity index (χ1) is 14.0. The minimum Gasteiger partial charge on any atom is -0.485 e. The number of ether oxygens (including phenoxy) is 1. The zero-order valence-electron chi connectivity index (χ0n) is 16.9. The van der Waals surface area contributed by atoms with Crippen LogP contribution in [0.15, 0.2) is 48.8 Å². The van der Waals surface area contributed by atoms with Gasteiger partial charge in [-0.25, -0.2) is 0 Å². The Hall–Kier alpha value is -2.89. The largest absolute Gasteiger partial charge is 0.485 e. The van der Waals surface area contributed by atoms with E-state index in [4.69, 9.17) is 4.74 Å². The average Bonchev–Trinajstić information content (AvgIpc) is 2.84. The molecule has 6 heteroatoms. The van der Waals surface area contributed by atoms with Gasteiger partial charge in [0.15, 0.2) is 0 Å². The Morgan fingerprint density at radius 2 is 1.90 bits per heavy atom. The molecule has 1 saturated carbocycles. The lowest BCUT2D eigenvalue weighted by Crippen LogP contribution is -2.49. The molecule has 2 aliphatic rings. The molecule has 2 heterocycles. The van der Waals surface area contributed by atoms with Gasteiger partial charge < -0.3 is 15.0 Å². The molecule has 1 aliphatic carbocycles. The predicted molar refractivity (Wildman–Crippen MR) is 110 cm³/mol. The predicted octanol–water partition coefficient (Wildman–Crippen LogP) is 3.35. The lowest BCUT2D eigenvalue weighted by Gasteiger charge is -2.40. The van der Waals surface area contributed by atoms with Crippen molar-refractivity contribution in [3.63, 3.8) is 0 Å². The summed E-state index contributed by atoms with van der Waals surface area (Å²) in [7, 11) is 1.82. The van der Waals surface area contributed by atoms with Crippen molar-refractivity contribution < 1.29 is 14.3 Å². The van der Waals surface area contributed by atoms with Crippen LogP contribution in [0.25, 0.3) is 0 Å². The van der Waals surface area contributed by atoms with E-state index < -0.39 is 5.60 Å². The number of fused-ring (bicyclic) bond motifs is 1. The molecule has 1 atom stereocenters.